The lowest BCUT2D eigenvalue weighted by Gasteiger charge is -2.28. The summed E-state index contributed by atoms with van der Waals surface area (Å²) in [7, 11) is 2.13. The van der Waals surface area contributed by atoms with E-state index in [4.69, 9.17) is 5.73 Å². The highest BCUT2D eigenvalue weighted by Gasteiger charge is 2.17. The summed E-state index contributed by atoms with van der Waals surface area (Å²) in [5.74, 6) is 0. The van der Waals surface area contributed by atoms with Crippen LogP contribution in [0.3, 0.4) is 0 Å². The van der Waals surface area contributed by atoms with Crippen LogP contribution < -0.4 is 5.73 Å². The van der Waals surface area contributed by atoms with Crippen LogP contribution >= 0.6 is 15.9 Å². The minimum absolute atomic E-state index is 0.233. The molecule has 0 heterocycles. The second kappa shape index (κ2) is 7.21. The molecule has 0 saturated heterocycles. The van der Waals surface area contributed by atoms with Crippen LogP contribution in [0.25, 0.3) is 0 Å². The Bertz CT molecular complexity index is 610. The van der Waals surface area contributed by atoms with Gasteiger partial charge in [-0.1, -0.05) is 52.3 Å². The van der Waals surface area contributed by atoms with Gasteiger partial charge in [-0.3, -0.25) is 4.90 Å². The summed E-state index contributed by atoms with van der Waals surface area (Å²) in [6.45, 7) is 5.78. The summed E-state index contributed by atoms with van der Waals surface area (Å²) in [6.07, 6.45) is 0. The third kappa shape index (κ3) is 3.94. The van der Waals surface area contributed by atoms with Crippen molar-refractivity contribution < 1.29 is 0 Å². The smallest absolute Gasteiger partial charge is 0.0471 e. The van der Waals surface area contributed by atoms with Crippen LogP contribution in [-0.4, -0.2) is 18.5 Å². The van der Waals surface area contributed by atoms with E-state index in [2.05, 4.69) is 78.1 Å². The highest BCUT2D eigenvalue weighted by Crippen LogP contribution is 2.25. The van der Waals surface area contributed by atoms with Crippen LogP contribution in [0, 0.1) is 13.8 Å². The Morgan fingerprint density at radius 2 is 1.81 bits per heavy atom. The molecule has 3 heteroatoms. The second-order valence-corrected chi connectivity index (χ2v) is 6.46. The normalized spacial score (nSPS) is 12.7. The predicted octanol–water partition coefficient (Wildman–Crippen LogP) is 4.20. The van der Waals surface area contributed by atoms with Crippen molar-refractivity contribution in [2.24, 2.45) is 5.73 Å². The van der Waals surface area contributed by atoms with Gasteiger partial charge < -0.3 is 5.73 Å². The first kappa shape index (κ1) is 16.2. The fourth-order valence-corrected chi connectivity index (χ4v) is 2.96. The molecule has 2 nitrogen and oxygen atoms in total. The lowest BCUT2D eigenvalue weighted by Crippen LogP contribution is -2.30. The average molecular weight is 347 g/mol. The van der Waals surface area contributed by atoms with E-state index in [-0.39, 0.29) is 6.04 Å². The van der Waals surface area contributed by atoms with E-state index in [1.807, 2.05) is 6.07 Å². The van der Waals surface area contributed by atoms with E-state index in [0.29, 0.717) is 6.54 Å². The molecule has 112 valence electrons. The SMILES string of the molecule is Cc1ccc(C(CN)N(C)Cc2ccccc2Br)cc1C. The number of nitrogens with two attached hydrogens (primary N) is 1. The molecule has 0 aliphatic rings. The molecule has 2 aromatic rings. The van der Waals surface area contributed by atoms with E-state index in [9.17, 15) is 0 Å². The summed E-state index contributed by atoms with van der Waals surface area (Å²) >= 11 is 3.62. The predicted molar refractivity (Wildman–Crippen MR) is 93.3 cm³/mol. The molecule has 0 aliphatic carbocycles. The largest absolute Gasteiger partial charge is 0.329 e. The molecule has 21 heavy (non-hydrogen) atoms. The minimum atomic E-state index is 0.233. The van der Waals surface area contributed by atoms with Crippen LogP contribution in [0.2, 0.25) is 0 Å². The van der Waals surface area contributed by atoms with Gasteiger partial charge in [0.05, 0.1) is 0 Å². The third-order valence-corrected chi connectivity index (χ3v) is 4.82. The number of rotatable bonds is 5. The Labute approximate surface area is 136 Å². The standard InChI is InChI=1S/C18H23BrN2/c1-13-8-9-15(10-14(13)2)18(11-20)21(3)12-16-6-4-5-7-17(16)19/h4-10,18H,11-12,20H2,1-3H3. The van der Waals surface area contributed by atoms with Gasteiger partial charge in [-0.2, -0.15) is 0 Å². The van der Waals surface area contributed by atoms with Crippen molar-refractivity contribution in [1.29, 1.82) is 0 Å². The maximum atomic E-state index is 6.03. The van der Waals surface area contributed by atoms with E-state index in [0.717, 1.165) is 11.0 Å². The molecule has 1 atom stereocenters. The van der Waals surface area contributed by atoms with Gasteiger partial charge in [-0.05, 0) is 49.2 Å². The van der Waals surface area contributed by atoms with Crippen molar-refractivity contribution in [3.05, 3.63) is 69.2 Å². The number of likely N-dealkylation sites (N-methyl/N-ethyl adjacent to an activating group) is 1. The molecular formula is C18H23BrN2. The monoisotopic (exact) mass is 346 g/mol. The summed E-state index contributed by atoms with van der Waals surface area (Å²) in [5, 5.41) is 0. The van der Waals surface area contributed by atoms with Gasteiger partial charge in [0.25, 0.3) is 0 Å². The average Bonchev–Trinajstić information content (AvgIpc) is 2.46. The Morgan fingerprint density at radius 3 is 2.43 bits per heavy atom. The lowest BCUT2D eigenvalue weighted by atomic mass is 10.00. The minimum Gasteiger partial charge on any atom is -0.329 e. The first-order valence-electron chi connectivity index (χ1n) is 7.23. The van der Waals surface area contributed by atoms with Gasteiger partial charge in [0.1, 0.15) is 0 Å². The Balaban J connectivity index is 2.20. The molecule has 0 aromatic heterocycles. The molecule has 0 aliphatic heterocycles. The molecule has 0 bridgehead atoms. The molecule has 0 amide bonds. The Hall–Kier alpha value is -1.16. The topological polar surface area (TPSA) is 29.3 Å². The van der Waals surface area contributed by atoms with Gasteiger partial charge in [0.2, 0.25) is 0 Å². The zero-order valence-corrected chi connectivity index (χ0v) is 14.5. The number of aryl methyl sites for hydroxylation is 2. The van der Waals surface area contributed by atoms with Crippen LogP contribution in [-0.2, 0) is 6.54 Å². The van der Waals surface area contributed by atoms with Gasteiger partial charge in [-0.15, -0.1) is 0 Å². The maximum absolute atomic E-state index is 6.03. The molecule has 1 unspecified atom stereocenters. The number of benzene rings is 2. The first-order valence-corrected chi connectivity index (χ1v) is 8.03. The number of hydrogen-bond acceptors (Lipinski definition) is 2. The molecular weight excluding hydrogens is 324 g/mol. The molecule has 2 rings (SSSR count). The van der Waals surface area contributed by atoms with Crippen LogP contribution in [0.1, 0.15) is 28.3 Å². The molecule has 0 fully saturated rings. The molecule has 0 saturated carbocycles. The van der Waals surface area contributed by atoms with E-state index in [1.54, 1.807) is 0 Å². The first-order chi connectivity index (χ1) is 10.0. The maximum Gasteiger partial charge on any atom is 0.0471 e. The number of halogens is 1. The fourth-order valence-electron chi connectivity index (χ4n) is 2.55. The second-order valence-electron chi connectivity index (χ2n) is 5.60. The fraction of sp³-hybridized carbons (Fsp3) is 0.333. The van der Waals surface area contributed by atoms with Crippen LogP contribution in [0.15, 0.2) is 46.9 Å². The van der Waals surface area contributed by atoms with E-state index < -0.39 is 0 Å². The van der Waals surface area contributed by atoms with Crippen molar-refractivity contribution in [1.82, 2.24) is 4.90 Å². The van der Waals surface area contributed by atoms with Crippen LogP contribution in [0.4, 0.5) is 0 Å². The zero-order valence-electron chi connectivity index (χ0n) is 12.9. The summed E-state index contributed by atoms with van der Waals surface area (Å²) in [4.78, 5) is 2.31. The quantitative estimate of drug-likeness (QED) is 0.878. The van der Waals surface area contributed by atoms with Crippen molar-refractivity contribution in [2.75, 3.05) is 13.6 Å². The highest BCUT2D eigenvalue weighted by atomic mass is 79.9. The van der Waals surface area contributed by atoms with Gasteiger partial charge in [-0.25, -0.2) is 0 Å². The van der Waals surface area contributed by atoms with Crippen molar-refractivity contribution in [3.8, 4) is 0 Å². The summed E-state index contributed by atoms with van der Waals surface area (Å²) in [6, 6.07) is 15.2. The highest BCUT2D eigenvalue weighted by molar-refractivity contribution is 9.10. The molecule has 2 aromatic carbocycles. The summed E-state index contributed by atoms with van der Waals surface area (Å²) in [5.41, 5.74) is 11.2. The third-order valence-electron chi connectivity index (χ3n) is 4.05. The Morgan fingerprint density at radius 1 is 1.10 bits per heavy atom. The van der Waals surface area contributed by atoms with Crippen LogP contribution in [0.5, 0.6) is 0 Å². The van der Waals surface area contributed by atoms with Gasteiger partial charge in [0, 0.05) is 23.6 Å². The van der Waals surface area contributed by atoms with Crippen molar-refractivity contribution >= 4 is 15.9 Å². The number of hydrogen-bond donors (Lipinski definition) is 1. The zero-order chi connectivity index (χ0) is 15.4. The molecule has 2 N–H and O–H groups in total. The summed E-state index contributed by atoms with van der Waals surface area (Å²) < 4.78 is 1.15. The van der Waals surface area contributed by atoms with Gasteiger partial charge >= 0.3 is 0 Å². The van der Waals surface area contributed by atoms with E-state index in [1.165, 1.54) is 22.3 Å². The van der Waals surface area contributed by atoms with E-state index >= 15 is 0 Å². The Kier molecular flexibility index (Phi) is 5.57. The molecule has 0 radical (unpaired) electrons. The van der Waals surface area contributed by atoms with Gasteiger partial charge in [0.15, 0.2) is 0 Å². The molecule has 0 spiro atoms. The van der Waals surface area contributed by atoms with Crippen molar-refractivity contribution in [3.63, 3.8) is 0 Å². The lowest BCUT2D eigenvalue weighted by molar-refractivity contribution is 0.241. The van der Waals surface area contributed by atoms with Crippen molar-refractivity contribution in [2.45, 2.75) is 26.4 Å². The number of nitrogens with zero attached hydrogens (tertiary/aromatic N) is 1.